The van der Waals surface area contributed by atoms with Gasteiger partial charge in [0.1, 0.15) is 0 Å². The van der Waals surface area contributed by atoms with Gasteiger partial charge in [0, 0.05) is 16.8 Å². The molecule has 1 aliphatic carbocycles. The van der Waals surface area contributed by atoms with Crippen molar-refractivity contribution in [2.24, 2.45) is 0 Å². The third-order valence-corrected chi connectivity index (χ3v) is 6.79. The van der Waals surface area contributed by atoms with Crippen molar-refractivity contribution in [1.82, 2.24) is 0 Å². The number of nitrogens with zero attached hydrogens (tertiary/aromatic N) is 1. The second-order valence-electron chi connectivity index (χ2n) is 9.20. The van der Waals surface area contributed by atoms with Crippen LogP contribution in [-0.4, -0.2) is 6.54 Å². The lowest BCUT2D eigenvalue weighted by molar-refractivity contribution is 0.660. The summed E-state index contributed by atoms with van der Waals surface area (Å²) in [5.74, 6) is 8.09. The molecule has 2 aliphatic rings. The Labute approximate surface area is 222 Å². The number of hydrogen-bond donors (Lipinski definition) is 0. The van der Waals surface area contributed by atoms with Crippen molar-refractivity contribution >= 4 is 23.5 Å². The van der Waals surface area contributed by atoms with Crippen LogP contribution in [0.25, 0.3) is 23.3 Å². The summed E-state index contributed by atoms with van der Waals surface area (Å²) in [4.78, 5) is 2.20. The van der Waals surface area contributed by atoms with E-state index < -0.39 is 0 Å². The fourth-order valence-electron chi connectivity index (χ4n) is 5.07. The van der Waals surface area contributed by atoms with Crippen LogP contribution in [0.3, 0.4) is 0 Å². The quantitative estimate of drug-likeness (QED) is 0.246. The summed E-state index contributed by atoms with van der Waals surface area (Å²) in [6.45, 7) is 9.19. The lowest BCUT2D eigenvalue weighted by atomic mass is 9.82. The van der Waals surface area contributed by atoms with Crippen molar-refractivity contribution in [2.45, 2.75) is 33.1 Å². The van der Waals surface area contributed by atoms with Crippen LogP contribution in [0.1, 0.15) is 49.9 Å². The molecule has 0 aromatic heterocycles. The molecule has 37 heavy (non-hydrogen) atoms. The van der Waals surface area contributed by atoms with Gasteiger partial charge in [0.2, 0.25) is 0 Å². The molecule has 0 unspecified atom stereocenters. The van der Waals surface area contributed by atoms with E-state index in [2.05, 4.69) is 121 Å². The molecule has 0 fully saturated rings. The zero-order valence-corrected chi connectivity index (χ0v) is 22.1. The molecule has 4 aromatic rings. The molecule has 0 saturated heterocycles. The summed E-state index contributed by atoms with van der Waals surface area (Å²) in [5, 5.41) is 0. The van der Waals surface area contributed by atoms with E-state index in [-0.39, 0.29) is 5.41 Å². The van der Waals surface area contributed by atoms with E-state index >= 15 is 0 Å². The van der Waals surface area contributed by atoms with Gasteiger partial charge in [-0.05, 0) is 57.4 Å². The number of rotatable bonds is 1. The standard InChI is InChI=1S/C19H13N.C15H14.C2H6/c1-2-3-8-15-20-18-11-6-4-9-16(18)13-14-17-10-5-7-12-19(17)20;1-15(2)13-9-5-3-7-11(13)12-8-4-6-10-14(12)15;1-2/h1,4-7,9-14H,15H2;3-10H,1-2H3;1-2H3. The molecule has 1 aliphatic heterocycles. The molecule has 1 heteroatoms. The number of fused-ring (bicyclic) bond motifs is 5. The zero-order chi connectivity index (χ0) is 26.3. The first-order valence-electron chi connectivity index (χ1n) is 12.9. The molecular weight excluding hydrogens is 446 g/mol. The van der Waals surface area contributed by atoms with Gasteiger partial charge in [-0.15, -0.1) is 6.42 Å². The molecule has 0 amide bonds. The van der Waals surface area contributed by atoms with Gasteiger partial charge in [0.05, 0.1) is 6.54 Å². The Hall–Kier alpha value is -4.46. The van der Waals surface area contributed by atoms with Gasteiger partial charge in [-0.1, -0.05) is 131 Å². The summed E-state index contributed by atoms with van der Waals surface area (Å²) >= 11 is 0. The van der Waals surface area contributed by atoms with Crippen LogP contribution in [0, 0.1) is 24.2 Å². The SMILES string of the molecule is C#CC#CCN1c2ccccc2C=Cc2ccccc21.CC.CC1(C)c2ccccc2-c2ccccc21. The number of para-hydroxylation sites is 2. The van der Waals surface area contributed by atoms with Gasteiger partial charge in [-0.3, -0.25) is 0 Å². The van der Waals surface area contributed by atoms with E-state index in [1.165, 1.54) is 33.4 Å². The average Bonchev–Trinajstić information content (AvgIpc) is 3.08. The topological polar surface area (TPSA) is 3.24 Å². The number of benzene rings is 4. The fraction of sp³-hybridized carbons (Fsp3) is 0.167. The first-order chi connectivity index (χ1) is 18.1. The molecule has 1 heterocycles. The summed E-state index contributed by atoms with van der Waals surface area (Å²) in [7, 11) is 0. The van der Waals surface area contributed by atoms with Crippen LogP contribution in [0.15, 0.2) is 97.1 Å². The van der Waals surface area contributed by atoms with Crippen molar-refractivity contribution in [3.8, 4) is 35.3 Å². The molecule has 0 N–H and O–H groups in total. The summed E-state index contributed by atoms with van der Waals surface area (Å²) < 4.78 is 0. The minimum absolute atomic E-state index is 0.160. The Morgan fingerprint density at radius 2 is 1.08 bits per heavy atom. The molecule has 0 bridgehead atoms. The number of hydrogen-bond acceptors (Lipinski definition) is 1. The van der Waals surface area contributed by atoms with E-state index in [4.69, 9.17) is 6.42 Å². The van der Waals surface area contributed by atoms with Crippen molar-refractivity contribution in [3.63, 3.8) is 0 Å². The maximum Gasteiger partial charge on any atom is 0.0853 e. The van der Waals surface area contributed by atoms with Crippen molar-refractivity contribution < 1.29 is 0 Å². The van der Waals surface area contributed by atoms with Gasteiger partial charge in [-0.25, -0.2) is 0 Å². The van der Waals surface area contributed by atoms with E-state index in [1.54, 1.807) is 0 Å². The highest BCUT2D eigenvalue weighted by Gasteiger charge is 2.34. The van der Waals surface area contributed by atoms with E-state index in [0.29, 0.717) is 6.54 Å². The third-order valence-electron chi connectivity index (χ3n) is 6.79. The molecule has 0 radical (unpaired) electrons. The molecule has 0 atom stereocenters. The number of anilines is 2. The van der Waals surface area contributed by atoms with Crippen LogP contribution < -0.4 is 4.90 Å². The highest BCUT2D eigenvalue weighted by atomic mass is 15.1. The fourth-order valence-corrected chi connectivity index (χ4v) is 5.07. The Morgan fingerprint density at radius 3 is 1.57 bits per heavy atom. The van der Waals surface area contributed by atoms with Crippen LogP contribution in [0.4, 0.5) is 11.4 Å². The first kappa shape index (κ1) is 25.6. The Kier molecular flexibility index (Phi) is 7.98. The van der Waals surface area contributed by atoms with E-state index in [1.807, 2.05) is 38.1 Å². The maximum atomic E-state index is 5.21. The molecule has 182 valence electrons. The van der Waals surface area contributed by atoms with E-state index in [9.17, 15) is 0 Å². The zero-order valence-electron chi connectivity index (χ0n) is 22.1. The number of terminal acetylenes is 1. The summed E-state index contributed by atoms with van der Waals surface area (Å²) in [5.41, 5.74) is 10.5. The van der Waals surface area contributed by atoms with Gasteiger partial charge >= 0.3 is 0 Å². The molecule has 1 nitrogen and oxygen atoms in total. The Morgan fingerprint density at radius 1 is 0.649 bits per heavy atom. The van der Waals surface area contributed by atoms with E-state index in [0.717, 1.165) is 11.4 Å². The largest absolute Gasteiger partial charge is 0.329 e. The molecule has 0 spiro atoms. The summed E-state index contributed by atoms with van der Waals surface area (Å²) in [6, 6.07) is 34.1. The highest BCUT2D eigenvalue weighted by Crippen LogP contribution is 2.48. The predicted octanol–water partition coefficient (Wildman–Crippen LogP) is 8.96. The average molecular weight is 480 g/mol. The summed E-state index contributed by atoms with van der Waals surface area (Å²) in [6.07, 6.45) is 9.49. The Bertz CT molecular complexity index is 1420. The van der Waals surface area contributed by atoms with Crippen molar-refractivity contribution in [2.75, 3.05) is 11.4 Å². The maximum absolute atomic E-state index is 5.21. The van der Waals surface area contributed by atoms with Crippen LogP contribution >= 0.6 is 0 Å². The molecular formula is C36H33N. The minimum Gasteiger partial charge on any atom is -0.329 e. The lowest BCUT2D eigenvalue weighted by Gasteiger charge is -2.24. The molecule has 6 rings (SSSR count). The van der Waals surface area contributed by atoms with Gasteiger partial charge in [0.15, 0.2) is 0 Å². The molecule has 0 saturated carbocycles. The van der Waals surface area contributed by atoms with Crippen LogP contribution in [0.2, 0.25) is 0 Å². The third kappa shape index (κ3) is 5.09. The first-order valence-corrected chi connectivity index (χ1v) is 12.9. The lowest BCUT2D eigenvalue weighted by Crippen LogP contribution is -2.18. The van der Waals surface area contributed by atoms with Gasteiger partial charge < -0.3 is 4.90 Å². The predicted molar refractivity (Wildman–Crippen MR) is 161 cm³/mol. The Balaban J connectivity index is 0.000000168. The monoisotopic (exact) mass is 479 g/mol. The van der Waals surface area contributed by atoms with Crippen LogP contribution in [0.5, 0.6) is 0 Å². The van der Waals surface area contributed by atoms with Gasteiger partial charge in [-0.2, -0.15) is 0 Å². The minimum atomic E-state index is 0.160. The van der Waals surface area contributed by atoms with Crippen molar-refractivity contribution in [3.05, 3.63) is 119 Å². The van der Waals surface area contributed by atoms with Crippen LogP contribution in [-0.2, 0) is 5.41 Å². The second-order valence-corrected chi connectivity index (χ2v) is 9.20. The van der Waals surface area contributed by atoms with Gasteiger partial charge in [0.25, 0.3) is 0 Å². The second kappa shape index (κ2) is 11.5. The highest BCUT2D eigenvalue weighted by molar-refractivity contribution is 5.89. The van der Waals surface area contributed by atoms with Crippen molar-refractivity contribution in [1.29, 1.82) is 0 Å². The molecule has 4 aromatic carbocycles. The normalized spacial score (nSPS) is 12.8. The smallest absolute Gasteiger partial charge is 0.0853 e.